The van der Waals surface area contributed by atoms with Crippen molar-refractivity contribution in [1.29, 1.82) is 0 Å². The van der Waals surface area contributed by atoms with Crippen LogP contribution in [0.5, 0.6) is 5.75 Å². The van der Waals surface area contributed by atoms with E-state index in [0.29, 0.717) is 11.3 Å². The highest BCUT2D eigenvalue weighted by molar-refractivity contribution is 5.63. The zero-order chi connectivity index (χ0) is 9.97. The Balaban J connectivity index is 2.46. The lowest BCUT2D eigenvalue weighted by atomic mass is 10.1. The Morgan fingerprint density at radius 2 is 2.29 bits per heavy atom. The van der Waals surface area contributed by atoms with E-state index in [-0.39, 0.29) is 5.82 Å². The molecule has 1 aromatic heterocycles. The second-order valence-electron chi connectivity index (χ2n) is 2.83. The van der Waals surface area contributed by atoms with Crippen LogP contribution in [0.2, 0.25) is 0 Å². The Kier molecular flexibility index (Phi) is 2.18. The third-order valence-electron chi connectivity index (χ3n) is 1.99. The summed E-state index contributed by atoms with van der Waals surface area (Å²) in [7, 11) is 1.51. The van der Waals surface area contributed by atoms with Gasteiger partial charge in [-0.3, -0.25) is 5.10 Å². The van der Waals surface area contributed by atoms with E-state index in [2.05, 4.69) is 10.2 Å². The number of nitrogens with zero attached hydrogens (tertiary/aromatic N) is 1. The molecule has 0 aliphatic carbocycles. The maximum absolute atomic E-state index is 13.5. The lowest BCUT2D eigenvalue weighted by Gasteiger charge is -2.02. The molecule has 72 valence electrons. The number of H-pyrrole nitrogens is 1. The van der Waals surface area contributed by atoms with Crippen LogP contribution >= 0.6 is 0 Å². The first-order chi connectivity index (χ1) is 6.81. The van der Waals surface area contributed by atoms with Crippen LogP contribution < -0.4 is 4.74 Å². The maximum Gasteiger partial charge on any atom is 0.134 e. The fourth-order valence-electron chi connectivity index (χ4n) is 1.26. The molecule has 1 heterocycles. The van der Waals surface area contributed by atoms with E-state index in [1.165, 1.54) is 13.2 Å². The fraction of sp³-hybridized carbons (Fsp3) is 0.100. The average Bonchev–Trinajstić information content (AvgIpc) is 2.70. The molecular weight excluding hydrogens is 183 g/mol. The number of aromatic amines is 1. The number of halogens is 1. The van der Waals surface area contributed by atoms with Crippen LogP contribution in [0.1, 0.15) is 0 Å². The Morgan fingerprint density at radius 1 is 1.43 bits per heavy atom. The van der Waals surface area contributed by atoms with Crippen LogP contribution in [0.15, 0.2) is 30.6 Å². The van der Waals surface area contributed by atoms with Crippen molar-refractivity contribution >= 4 is 0 Å². The molecule has 0 spiro atoms. The molecule has 0 saturated carbocycles. The van der Waals surface area contributed by atoms with Gasteiger partial charge >= 0.3 is 0 Å². The number of aromatic nitrogens is 2. The minimum atomic E-state index is -0.314. The normalized spacial score (nSPS) is 10.1. The standard InChI is InChI=1S/C10H9FN2O/c1-14-8-2-3-9(10(11)4-8)7-5-12-13-6-7/h2-6H,1H3,(H,12,13). The molecule has 2 rings (SSSR count). The average molecular weight is 192 g/mol. The van der Waals surface area contributed by atoms with Crippen molar-refractivity contribution in [1.82, 2.24) is 10.2 Å². The quantitative estimate of drug-likeness (QED) is 0.792. The van der Waals surface area contributed by atoms with Crippen LogP contribution in [0.25, 0.3) is 11.1 Å². The van der Waals surface area contributed by atoms with Gasteiger partial charge < -0.3 is 4.74 Å². The van der Waals surface area contributed by atoms with Crippen molar-refractivity contribution in [2.45, 2.75) is 0 Å². The summed E-state index contributed by atoms with van der Waals surface area (Å²) in [5.74, 6) is 0.195. The molecule has 0 atom stereocenters. The van der Waals surface area contributed by atoms with Crippen molar-refractivity contribution in [3.63, 3.8) is 0 Å². The van der Waals surface area contributed by atoms with Gasteiger partial charge in [-0.2, -0.15) is 5.10 Å². The number of nitrogens with one attached hydrogen (secondary N) is 1. The zero-order valence-corrected chi connectivity index (χ0v) is 7.62. The molecule has 2 aromatic rings. The molecule has 0 aliphatic rings. The molecule has 1 N–H and O–H groups in total. The van der Waals surface area contributed by atoms with Gasteiger partial charge in [-0.1, -0.05) is 0 Å². The van der Waals surface area contributed by atoms with Gasteiger partial charge in [0.2, 0.25) is 0 Å². The lowest BCUT2D eigenvalue weighted by molar-refractivity contribution is 0.411. The highest BCUT2D eigenvalue weighted by Crippen LogP contribution is 2.24. The SMILES string of the molecule is COc1ccc(-c2cn[nH]c2)c(F)c1. The largest absolute Gasteiger partial charge is 0.497 e. The zero-order valence-electron chi connectivity index (χ0n) is 7.62. The second-order valence-corrected chi connectivity index (χ2v) is 2.83. The Labute approximate surface area is 80.5 Å². The van der Waals surface area contributed by atoms with Crippen LogP contribution in [-0.2, 0) is 0 Å². The Hall–Kier alpha value is -1.84. The minimum absolute atomic E-state index is 0.314. The third kappa shape index (κ3) is 1.46. The van der Waals surface area contributed by atoms with Crippen LogP contribution in [0, 0.1) is 5.82 Å². The summed E-state index contributed by atoms with van der Waals surface area (Å²) in [6.07, 6.45) is 3.22. The molecule has 1 aromatic carbocycles. The van der Waals surface area contributed by atoms with Crippen molar-refractivity contribution < 1.29 is 9.13 Å². The third-order valence-corrected chi connectivity index (χ3v) is 1.99. The van der Waals surface area contributed by atoms with Crippen LogP contribution in [0.4, 0.5) is 4.39 Å². The molecule has 0 fully saturated rings. The molecular formula is C10H9FN2O. The molecule has 0 radical (unpaired) electrons. The molecule has 0 amide bonds. The van der Waals surface area contributed by atoms with Crippen molar-refractivity contribution in [2.75, 3.05) is 7.11 Å². The first kappa shape index (κ1) is 8.74. The molecule has 3 nitrogen and oxygen atoms in total. The number of ether oxygens (including phenoxy) is 1. The van der Waals surface area contributed by atoms with Gasteiger partial charge in [-0.25, -0.2) is 4.39 Å². The monoisotopic (exact) mass is 192 g/mol. The van der Waals surface area contributed by atoms with Gasteiger partial charge in [0.05, 0.1) is 13.3 Å². The van der Waals surface area contributed by atoms with E-state index in [1.807, 2.05) is 0 Å². The highest BCUT2D eigenvalue weighted by atomic mass is 19.1. The van der Waals surface area contributed by atoms with Crippen LogP contribution in [0.3, 0.4) is 0 Å². The van der Waals surface area contributed by atoms with Crippen molar-refractivity contribution in [3.8, 4) is 16.9 Å². The predicted octanol–water partition coefficient (Wildman–Crippen LogP) is 2.22. The first-order valence-electron chi connectivity index (χ1n) is 4.14. The van der Waals surface area contributed by atoms with E-state index in [4.69, 9.17) is 4.74 Å². The lowest BCUT2D eigenvalue weighted by Crippen LogP contribution is -1.86. The van der Waals surface area contributed by atoms with Crippen LogP contribution in [-0.4, -0.2) is 17.3 Å². The number of rotatable bonds is 2. The first-order valence-corrected chi connectivity index (χ1v) is 4.14. The van der Waals surface area contributed by atoms with E-state index < -0.39 is 0 Å². The van der Waals surface area contributed by atoms with Gasteiger partial charge in [-0.05, 0) is 12.1 Å². The topological polar surface area (TPSA) is 37.9 Å². The summed E-state index contributed by atoms with van der Waals surface area (Å²) in [5.41, 5.74) is 1.24. The smallest absolute Gasteiger partial charge is 0.134 e. The summed E-state index contributed by atoms with van der Waals surface area (Å²) in [5, 5.41) is 6.40. The van der Waals surface area contributed by atoms with Gasteiger partial charge in [0, 0.05) is 23.4 Å². The number of methoxy groups -OCH3 is 1. The van der Waals surface area contributed by atoms with Crippen molar-refractivity contribution in [3.05, 3.63) is 36.4 Å². The predicted molar refractivity (Wildman–Crippen MR) is 50.5 cm³/mol. The molecule has 0 aliphatic heterocycles. The van der Waals surface area contributed by atoms with Gasteiger partial charge in [0.1, 0.15) is 11.6 Å². The Morgan fingerprint density at radius 3 is 2.86 bits per heavy atom. The second kappa shape index (κ2) is 3.49. The summed E-state index contributed by atoms with van der Waals surface area (Å²) < 4.78 is 18.4. The summed E-state index contributed by atoms with van der Waals surface area (Å²) in [4.78, 5) is 0. The molecule has 4 heteroatoms. The number of hydrogen-bond donors (Lipinski definition) is 1. The summed E-state index contributed by atoms with van der Waals surface area (Å²) in [6.45, 7) is 0. The number of hydrogen-bond acceptors (Lipinski definition) is 2. The van der Waals surface area contributed by atoms with Crippen molar-refractivity contribution in [2.24, 2.45) is 0 Å². The van der Waals surface area contributed by atoms with E-state index in [0.717, 1.165) is 5.56 Å². The van der Waals surface area contributed by atoms with Gasteiger partial charge in [0.25, 0.3) is 0 Å². The molecule has 0 unspecified atom stereocenters. The Bertz CT molecular complexity index is 426. The summed E-state index contributed by atoms with van der Waals surface area (Å²) >= 11 is 0. The minimum Gasteiger partial charge on any atom is -0.497 e. The van der Waals surface area contributed by atoms with E-state index in [1.54, 1.807) is 24.5 Å². The fourth-order valence-corrected chi connectivity index (χ4v) is 1.26. The molecule has 0 saturated heterocycles. The highest BCUT2D eigenvalue weighted by Gasteiger charge is 2.06. The van der Waals surface area contributed by atoms with E-state index >= 15 is 0 Å². The number of benzene rings is 1. The summed E-state index contributed by atoms with van der Waals surface area (Å²) in [6, 6.07) is 4.73. The maximum atomic E-state index is 13.5. The van der Waals surface area contributed by atoms with Gasteiger partial charge in [0.15, 0.2) is 0 Å². The molecule has 0 bridgehead atoms. The molecule has 14 heavy (non-hydrogen) atoms. The van der Waals surface area contributed by atoms with E-state index in [9.17, 15) is 4.39 Å². The van der Waals surface area contributed by atoms with Gasteiger partial charge in [-0.15, -0.1) is 0 Å².